The molecule has 1 amide bonds. The van der Waals surface area contributed by atoms with Gasteiger partial charge in [0.2, 0.25) is 0 Å². The number of carbonyl (C=O) groups is 1. The number of carbonyl (C=O) groups excluding carboxylic acids is 1. The van der Waals surface area contributed by atoms with Gasteiger partial charge in [0.1, 0.15) is 5.69 Å². The molecule has 0 bridgehead atoms. The van der Waals surface area contributed by atoms with Crippen LogP contribution >= 0.6 is 0 Å². The number of para-hydroxylation sites is 1. The molecule has 0 unspecified atom stereocenters. The van der Waals surface area contributed by atoms with Gasteiger partial charge in [-0.1, -0.05) is 12.1 Å². The third-order valence-electron chi connectivity index (χ3n) is 3.02. The zero-order chi connectivity index (χ0) is 13.1. The van der Waals surface area contributed by atoms with Crippen molar-refractivity contribution in [1.29, 1.82) is 0 Å². The van der Waals surface area contributed by atoms with Crippen molar-refractivity contribution < 1.29 is 4.79 Å². The highest BCUT2D eigenvalue weighted by molar-refractivity contribution is 5.94. The molecule has 18 heavy (non-hydrogen) atoms. The molecule has 0 radical (unpaired) electrons. The van der Waals surface area contributed by atoms with E-state index in [4.69, 9.17) is 0 Å². The van der Waals surface area contributed by atoms with Crippen LogP contribution in [0.4, 0.5) is 0 Å². The van der Waals surface area contributed by atoms with Gasteiger partial charge in [0, 0.05) is 30.1 Å². The maximum absolute atomic E-state index is 12.2. The van der Waals surface area contributed by atoms with E-state index in [-0.39, 0.29) is 11.3 Å². The van der Waals surface area contributed by atoms with Crippen LogP contribution in [0.5, 0.6) is 0 Å². The Bertz CT molecular complexity index is 627. The second-order valence-electron chi connectivity index (χ2n) is 4.07. The highest BCUT2D eigenvalue weighted by Crippen LogP contribution is 2.08. The number of aromatic nitrogens is 1. The van der Waals surface area contributed by atoms with Crippen LogP contribution in [0.15, 0.2) is 35.1 Å². The molecule has 2 rings (SSSR count). The fraction of sp³-hybridized carbons (Fsp3) is 0.286. The summed E-state index contributed by atoms with van der Waals surface area (Å²) in [5.74, 6) is -0.136. The minimum absolute atomic E-state index is 0.125. The average molecular weight is 244 g/mol. The summed E-state index contributed by atoms with van der Waals surface area (Å²) in [6.07, 6.45) is 0. The van der Waals surface area contributed by atoms with Crippen LogP contribution in [0.1, 0.15) is 24.3 Å². The van der Waals surface area contributed by atoms with Crippen molar-refractivity contribution in [3.8, 4) is 0 Å². The minimum atomic E-state index is -0.136. The number of hydrogen-bond donors (Lipinski definition) is 1. The Hall–Kier alpha value is -2.10. The maximum atomic E-state index is 12.2. The van der Waals surface area contributed by atoms with Crippen LogP contribution in [0.25, 0.3) is 10.9 Å². The molecular formula is C14H16N2O2. The number of hydrogen-bond acceptors (Lipinski definition) is 2. The summed E-state index contributed by atoms with van der Waals surface area (Å²) < 4.78 is 0. The lowest BCUT2D eigenvalue weighted by atomic mass is 10.2. The Morgan fingerprint density at radius 3 is 2.56 bits per heavy atom. The van der Waals surface area contributed by atoms with E-state index in [1.807, 2.05) is 26.0 Å². The quantitative estimate of drug-likeness (QED) is 0.898. The molecule has 94 valence electrons. The monoisotopic (exact) mass is 244 g/mol. The molecule has 4 nitrogen and oxygen atoms in total. The summed E-state index contributed by atoms with van der Waals surface area (Å²) in [6, 6.07) is 8.58. The second-order valence-corrected chi connectivity index (χ2v) is 4.07. The zero-order valence-electron chi connectivity index (χ0n) is 10.6. The van der Waals surface area contributed by atoms with Gasteiger partial charge in [0.25, 0.3) is 5.91 Å². The first-order chi connectivity index (χ1) is 8.67. The Balaban J connectivity index is 2.53. The molecule has 0 aliphatic heterocycles. The summed E-state index contributed by atoms with van der Waals surface area (Å²) in [5.41, 5.74) is 0.919. The molecule has 0 fully saturated rings. The lowest BCUT2D eigenvalue weighted by Gasteiger charge is -2.18. The second kappa shape index (κ2) is 5.04. The molecule has 1 heterocycles. The number of amides is 1. The largest absolute Gasteiger partial charge is 0.350 e. The molecule has 0 spiro atoms. The fourth-order valence-electron chi connectivity index (χ4n) is 1.99. The van der Waals surface area contributed by atoms with Crippen molar-refractivity contribution in [3.63, 3.8) is 0 Å². The molecule has 0 aliphatic rings. The van der Waals surface area contributed by atoms with Crippen LogP contribution in [-0.4, -0.2) is 28.9 Å². The minimum Gasteiger partial charge on any atom is -0.350 e. The van der Waals surface area contributed by atoms with Gasteiger partial charge in [-0.15, -0.1) is 0 Å². The van der Waals surface area contributed by atoms with Crippen molar-refractivity contribution in [2.45, 2.75) is 13.8 Å². The van der Waals surface area contributed by atoms with Gasteiger partial charge in [-0.3, -0.25) is 9.59 Å². The molecule has 2 aromatic rings. The summed E-state index contributed by atoms with van der Waals surface area (Å²) in [7, 11) is 0. The van der Waals surface area contributed by atoms with Crippen molar-refractivity contribution in [1.82, 2.24) is 9.88 Å². The number of nitrogens with one attached hydrogen (secondary N) is 1. The predicted octanol–water partition coefficient (Wildman–Crippen LogP) is 2.01. The Labute approximate surface area is 105 Å². The zero-order valence-corrected chi connectivity index (χ0v) is 10.6. The van der Waals surface area contributed by atoms with Crippen LogP contribution < -0.4 is 5.43 Å². The average Bonchev–Trinajstić information content (AvgIpc) is 2.40. The number of H-pyrrole nitrogens is 1. The van der Waals surface area contributed by atoms with Gasteiger partial charge in [0.05, 0.1) is 0 Å². The molecule has 0 saturated carbocycles. The van der Waals surface area contributed by atoms with E-state index in [1.165, 1.54) is 6.07 Å². The molecule has 1 N–H and O–H groups in total. The fourth-order valence-corrected chi connectivity index (χ4v) is 1.99. The van der Waals surface area contributed by atoms with Crippen LogP contribution in [0.3, 0.4) is 0 Å². The van der Waals surface area contributed by atoms with Crippen molar-refractivity contribution in [2.75, 3.05) is 13.1 Å². The standard InChI is InChI=1S/C14H16N2O2/c1-3-16(4-2)14(18)12-9-13(17)10-7-5-6-8-11(10)15-12/h5-9H,3-4H2,1-2H3,(H,15,17). The van der Waals surface area contributed by atoms with E-state index in [9.17, 15) is 9.59 Å². The van der Waals surface area contributed by atoms with Crippen LogP contribution in [0, 0.1) is 0 Å². The van der Waals surface area contributed by atoms with Crippen LogP contribution in [-0.2, 0) is 0 Å². The number of fused-ring (bicyclic) bond motifs is 1. The van der Waals surface area contributed by atoms with Crippen molar-refractivity contribution in [3.05, 3.63) is 46.2 Å². The smallest absolute Gasteiger partial charge is 0.270 e. The first-order valence-corrected chi connectivity index (χ1v) is 6.08. The lowest BCUT2D eigenvalue weighted by Crippen LogP contribution is -2.31. The van der Waals surface area contributed by atoms with E-state index in [0.29, 0.717) is 29.7 Å². The normalized spacial score (nSPS) is 10.6. The number of rotatable bonds is 3. The van der Waals surface area contributed by atoms with E-state index in [0.717, 1.165) is 0 Å². The van der Waals surface area contributed by atoms with Gasteiger partial charge >= 0.3 is 0 Å². The number of nitrogens with zero attached hydrogens (tertiary/aromatic N) is 1. The SMILES string of the molecule is CCN(CC)C(=O)c1cc(=O)c2ccccc2[nH]1. The first kappa shape index (κ1) is 12.4. The first-order valence-electron chi connectivity index (χ1n) is 6.08. The Kier molecular flexibility index (Phi) is 3.46. The van der Waals surface area contributed by atoms with Crippen LogP contribution in [0.2, 0.25) is 0 Å². The molecule has 0 saturated heterocycles. The molecule has 1 aromatic heterocycles. The molecule has 4 heteroatoms. The van der Waals surface area contributed by atoms with E-state index >= 15 is 0 Å². The van der Waals surface area contributed by atoms with Crippen molar-refractivity contribution in [2.24, 2.45) is 0 Å². The number of aromatic amines is 1. The summed E-state index contributed by atoms with van der Waals surface area (Å²) >= 11 is 0. The van der Waals surface area contributed by atoms with E-state index in [1.54, 1.807) is 17.0 Å². The number of benzene rings is 1. The summed E-state index contributed by atoms with van der Waals surface area (Å²) in [6.45, 7) is 5.09. The highest BCUT2D eigenvalue weighted by atomic mass is 16.2. The van der Waals surface area contributed by atoms with Gasteiger partial charge in [-0.25, -0.2) is 0 Å². The molecular weight excluding hydrogens is 228 g/mol. The lowest BCUT2D eigenvalue weighted by molar-refractivity contribution is 0.0767. The van der Waals surface area contributed by atoms with Gasteiger partial charge in [-0.05, 0) is 26.0 Å². The van der Waals surface area contributed by atoms with Gasteiger partial charge in [0.15, 0.2) is 5.43 Å². The topological polar surface area (TPSA) is 53.2 Å². The van der Waals surface area contributed by atoms with Gasteiger partial charge in [-0.2, -0.15) is 0 Å². The summed E-state index contributed by atoms with van der Waals surface area (Å²) in [4.78, 5) is 28.8. The highest BCUT2D eigenvalue weighted by Gasteiger charge is 2.14. The number of pyridine rings is 1. The Morgan fingerprint density at radius 2 is 1.89 bits per heavy atom. The third kappa shape index (κ3) is 2.14. The molecule has 0 aliphatic carbocycles. The maximum Gasteiger partial charge on any atom is 0.270 e. The van der Waals surface area contributed by atoms with E-state index in [2.05, 4.69) is 4.98 Å². The molecule has 0 atom stereocenters. The van der Waals surface area contributed by atoms with Gasteiger partial charge < -0.3 is 9.88 Å². The predicted molar refractivity (Wildman–Crippen MR) is 71.8 cm³/mol. The van der Waals surface area contributed by atoms with E-state index < -0.39 is 0 Å². The Morgan fingerprint density at radius 1 is 1.22 bits per heavy atom. The third-order valence-corrected chi connectivity index (χ3v) is 3.02. The summed E-state index contributed by atoms with van der Waals surface area (Å²) in [5, 5.41) is 0.605. The van der Waals surface area contributed by atoms with Crippen molar-refractivity contribution >= 4 is 16.8 Å². The molecule has 1 aromatic carbocycles.